The molecule has 1 unspecified atom stereocenters. The van der Waals surface area contributed by atoms with Gasteiger partial charge in [0.05, 0.1) is 26.1 Å². The van der Waals surface area contributed by atoms with Crippen LogP contribution in [0.15, 0.2) is 23.1 Å². The van der Waals surface area contributed by atoms with E-state index >= 15 is 0 Å². The zero-order valence-electron chi connectivity index (χ0n) is 10.5. The van der Waals surface area contributed by atoms with Gasteiger partial charge in [0.1, 0.15) is 0 Å². The number of nitro benzene ring substituents is 1. The molecule has 0 aromatic heterocycles. The number of hydrogen-bond acceptors (Lipinski definition) is 5. The van der Waals surface area contributed by atoms with E-state index in [0.29, 0.717) is 5.56 Å². The first-order valence-electron chi connectivity index (χ1n) is 5.34. The summed E-state index contributed by atoms with van der Waals surface area (Å²) in [5.74, 6) is 3.44. The van der Waals surface area contributed by atoms with E-state index < -0.39 is 20.7 Å². The quantitative estimate of drug-likeness (QED) is 0.515. The molecule has 0 spiro atoms. The molecule has 8 heteroatoms. The van der Waals surface area contributed by atoms with Crippen molar-refractivity contribution in [1.82, 2.24) is 4.72 Å². The van der Waals surface area contributed by atoms with Crippen molar-refractivity contribution in [1.29, 1.82) is 0 Å². The Bertz CT molecular complexity index is 610. The molecular formula is C11H14N2O5S. The lowest BCUT2D eigenvalue weighted by Crippen LogP contribution is -2.31. The Morgan fingerprint density at radius 1 is 1.58 bits per heavy atom. The fourth-order valence-electron chi connectivity index (χ4n) is 1.47. The summed E-state index contributed by atoms with van der Waals surface area (Å²) in [6, 6.07) is 3.79. The lowest BCUT2D eigenvalue weighted by molar-refractivity contribution is -0.385. The van der Waals surface area contributed by atoms with Crippen LogP contribution < -0.4 is 4.72 Å². The summed E-state index contributed by atoms with van der Waals surface area (Å²) in [5, 5.41) is 10.6. The second kappa shape index (κ2) is 5.70. The van der Waals surface area contributed by atoms with Crippen LogP contribution in [0.2, 0.25) is 0 Å². The van der Waals surface area contributed by atoms with Crippen molar-refractivity contribution in [2.75, 3.05) is 6.61 Å². The highest BCUT2D eigenvalue weighted by Gasteiger charge is 2.17. The van der Waals surface area contributed by atoms with E-state index in [-0.39, 0.29) is 17.2 Å². The number of carbonyl (C=O) groups is 1. The van der Waals surface area contributed by atoms with Crippen LogP contribution in [-0.4, -0.2) is 27.7 Å². The topological polar surface area (TPSA) is 98.5 Å². The lowest BCUT2D eigenvalue weighted by atomic mass is 10.2. The molecule has 1 rings (SSSR count). The minimum Gasteiger partial charge on any atom is -0.449 e. The second-order valence-electron chi connectivity index (χ2n) is 3.70. The van der Waals surface area contributed by atoms with Gasteiger partial charge >= 0.3 is 6.09 Å². The number of nitro groups is 1. The number of aryl methyl sites for hydroxylation is 1. The molecule has 1 aromatic rings. The Morgan fingerprint density at radius 2 is 2.21 bits per heavy atom. The normalized spacial score (nSPS) is 13.4. The molecule has 1 atom stereocenters. The number of rotatable bonds is 4. The Balaban J connectivity index is 3.09. The SMILES string of the molecule is C=S(=O)(NC(=O)OCC)c1ccc([N+](=O)[O-])cc1C. The molecule has 1 amide bonds. The van der Waals surface area contributed by atoms with Crippen LogP contribution in [0.3, 0.4) is 0 Å². The standard InChI is InChI=1S/C11H14N2O5S/c1-4-18-11(14)12-19(3,17)10-6-5-9(13(15)16)7-8(10)2/h5-7H,3-4H2,1-2H3,(H,12,14,17). The van der Waals surface area contributed by atoms with Gasteiger partial charge in [-0.15, -0.1) is 0 Å². The second-order valence-corrected chi connectivity index (χ2v) is 5.70. The van der Waals surface area contributed by atoms with Crippen LogP contribution in [0.1, 0.15) is 12.5 Å². The first-order valence-corrected chi connectivity index (χ1v) is 7.07. The summed E-state index contributed by atoms with van der Waals surface area (Å²) in [7, 11) is -3.10. The van der Waals surface area contributed by atoms with E-state index in [1.807, 2.05) is 0 Å². The van der Waals surface area contributed by atoms with Gasteiger partial charge in [-0.2, -0.15) is 0 Å². The van der Waals surface area contributed by atoms with Gasteiger partial charge in [0.15, 0.2) is 0 Å². The van der Waals surface area contributed by atoms with Crippen LogP contribution in [0, 0.1) is 17.0 Å². The third-order valence-corrected chi connectivity index (χ3v) is 3.91. The number of carbonyl (C=O) groups excluding carboxylic acids is 1. The minimum absolute atomic E-state index is 0.118. The number of hydrogen-bond donors (Lipinski definition) is 1. The van der Waals surface area contributed by atoms with Gasteiger partial charge in [0.25, 0.3) is 5.69 Å². The fourth-order valence-corrected chi connectivity index (χ4v) is 2.77. The van der Waals surface area contributed by atoms with Crippen LogP contribution in [-0.2, 0) is 14.4 Å². The summed E-state index contributed by atoms with van der Waals surface area (Å²) in [5.41, 5.74) is 0.290. The Kier molecular flexibility index (Phi) is 4.49. The third-order valence-electron chi connectivity index (χ3n) is 2.25. The summed E-state index contributed by atoms with van der Waals surface area (Å²) >= 11 is 0. The Labute approximate surface area is 110 Å². The van der Waals surface area contributed by atoms with Gasteiger partial charge in [-0.1, -0.05) is 0 Å². The van der Waals surface area contributed by atoms with Gasteiger partial charge in [0, 0.05) is 12.1 Å². The number of ether oxygens (including phenoxy) is 1. The van der Waals surface area contributed by atoms with Crippen molar-refractivity contribution in [3.63, 3.8) is 0 Å². The maximum atomic E-state index is 12.3. The summed E-state index contributed by atoms with van der Waals surface area (Å²) < 4.78 is 19.1. The zero-order chi connectivity index (χ0) is 14.6. The molecular weight excluding hydrogens is 272 g/mol. The number of nitrogens with one attached hydrogen (secondary N) is 1. The number of non-ortho nitro benzene ring substituents is 1. The lowest BCUT2D eigenvalue weighted by Gasteiger charge is -2.13. The molecule has 0 saturated heterocycles. The first kappa shape index (κ1) is 15.0. The molecule has 0 radical (unpaired) electrons. The Hall–Kier alpha value is -2.09. The highest BCUT2D eigenvalue weighted by molar-refractivity contribution is 7.99. The van der Waals surface area contributed by atoms with Gasteiger partial charge in [-0.25, -0.2) is 13.7 Å². The van der Waals surface area contributed by atoms with Gasteiger partial charge in [-0.05, 0) is 31.3 Å². The first-order chi connectivity index (χ1) is 8.77. The maximum Gasteiger partial charge on any atom is 0.418 e. The molecule has 0 heterocycles. The van der Waals surface area contributed by atoms with Gasteiger partial charge in [0.2, 0.25) is 0 Å². The van der Waals surface area contributed by atoms with E-state index in [1.165, 1.54) is 18.2 Å². The summed E-state index contributed by atoms with van der Waals surface area (Å²) in [6.07, 6.45) is -0.847. The molecule has 0 aliphatic rings. The van der Waals surface area contributed by atoms with Gasteiger partial charge in [-0.3, -0.25) is 10.1 Å². The molecule has 0 bridgehead atoms. The molecule has 1 aromatic carbocycles. The van der Waals surface area contributed by atoms with Crippen LogP contribution >= 0.6 is 0 Å². The predicted molar refractivity (Wildman–Crippen MR) is 71.5 cm³/mol. The summed E-state index contributed by atoms with van der Waals surface area (Å²) in [6.45, 7) is 3.31. The molecule has 7 nitrogen and oxygen atoms in total. The molecule has 1 N–H and O–H groups in total. The monoisotopic (exact) mass is 286 g/mol. The number of nitrogens with zero attached hydrogens (tertiary/aromatic N) is 1. The molecule has 104 valence electrons. The third kappa shape index (κ3) is 3.68. The molecule has 0 aliphatic heterocycles. The number of amides is 1. The van der Waals surface area contributed by atoms with Crippen molar-refractivity contribution in [2.45, 2.75) is 18.7 Å². The van der Waals surface area contributed by atoms with E-state index in [9.17, 15) is 19.1 Å². The van der Waals surface area contributed by atoms with Gasteiger partial charge < -0.3 is 4.74 Å². The van der Waals surface area contributed by atoms with Crippen LogP contribution in [0.5, 0.6) is 0 Å². The van der Waals surface area contributed by atoms with Crippen molar-refractivity contribution in [3.05, 3.63) is 33.9 Å². The van der Waals surface area contributed by atoms with Crippen LogP contribution in [0.25, 0.3) is 0 Å². The molecule has 0 fully saturated rings. The Morgan fingerprint density at radius 3 is 2.68 bits per heavy atom. The average molecular weight is 286 g/mol. The number of benzene rings is 1. The van der Waals surface area contributed by atoms with E-state index in [0.717, 1.165) is 0 Å². The smallest absolute Gasteiger partial charge is 0.418 e. The van der Waals surface area contributed by atoms with E-state index in [2.05, 4.69) is 15.3 Å². The highest BCUT2D eigenvalue weighted by atomic mass is 32.2. The average Bonchev–Trinajstić information content (AvgIpc) is 2.27. The van der Waals surface area contributed by atoms with Crippen molar-refractivity contribution < 1.29 is 18.7 Å². The van der Waals surface area contributed by atoms with E-state index in [4.69, 9.17) is 0 Å². The summed E-state index contributed by atoms with van der Waals surface area (Å²) in [4.78, 5) is 21.5. The maximum absolute atomic E-state index is 12.3. The van der Waals surface area contributed by atoms with Crippen molar-refractivity contribution in [2.24, 2.45) is 0 Å². The van der Waals surface area contributed by atoms with Crippen molar-refractivity contribution in [3.8, 4) is 0 Å². The predicted octanol–water partition coefficient (Wildman–Crippen LogP) is 1.64. The molecule has 19 heavy (non-hydrogen) atoms. The fraction of sp³-hybridized carbons (Fsp3) is 0.273. The van der Waals surface area contributed by atoms with Crippen LogP contribution in [0.4, 0.5) is 10.5 Å². The van der Waals surface area contributed by atoms with Crippen molar-refractivity contribution >= 4 is 27.4 Å². The molecule has 0 aliphatic carbocycles. The largest absolute Gasteiger partial charge is 0.449 e. The zero-order valence-corrected chi connectivity index (χ0v) is 11.4. The molecule has 0 saturated carbocycles. The highest BCUT2D eigenvalue weighted by Crippen LogP contribution is 2.20. The minimum atomic E-state index is -3.10. The van der Waals surface area contributed by atoms with E-state index in [1.54, 1.807) is 13.8 Å².